The topological polar surface area (TPSA) is 100 Å². The van der Waals surface area contributed by atoms with Gasteiger partial charge >= 0.3 is 0 Å². The number of nitrogens with zero attached hydrogens (tertiary/aromatic N) is 4. The number of benzene rings is 1. The molecular formula is C19H27N5O4. The molecule has 2 saturated heterocycles. The molecule has 1 aromatic rings. The van der Waals surface area contributed by atoms with Crippen LogP contribution in [0.15, 0.2) is 29.3 Å². The zero-order valence-electron chi connectivity index (χ0n) is 16.2. The van der Waals surface area contributed by atoms with E-state index in [0.29, 0.717) is 32.8 Å². The summed E-state index contributed by atoms with van der Waals surface area (Å²) in [5.41, 5.74) is 0.907. The number of hydrogen-bond donors (Lipinski definition) is 1. The third kappa shape index (κ3) is 4.98. The maximum absolute atomic E-state index is 12.6. The number of guanidine groups is 1. The highest BCUT2D eigenvalue weighted by Gasteiger charge is 2.30. The zero-order valence-corrected chi connectivity index (χ0v) is 16.2. The van der Waals surface area contributed by atoms with Crippen molar-refractivity contribution in [2.75, 3.05) is 46.4 Å². The molecule has 1 aromatic carbocycles. The van der Waals surface area contributed by atoms with Gasteiger partial charge in [0.2, 0.25) is 5.91 Å². The van der Waals surface area contributed by atoms with Gasteiger partial charge in [0, 0.05) is 57.8 Å². The van der Waals surface area contributed by atoms with Crippen molar-refractivity contribution < 1.29 is 14.5 Å². The summed E-state index contributed by atoms with van der Waals surface area (Å²) < 4.78 is 5.32. The molecule has 0 saturated carbocycles. The first-order valence-corrected chi connectivity index (χ1v) is 9.64. The van der Waals surface area contributed by atoms with Crippen LogP contribution in [-0.4, -0.2) is 73.0 Å². The second kappa shape index (κ2) is 9.50. The first-order chi connectivity index (χ1) is 13.6. The maximum atomic E-state index is 12.6. The van der Waals surface area contributed by atoms with Crippen molar-refractivity contribution in [2.45, 2.75) is 19.4 Å². The summed E-state index contributed by atoms with van der Waals surface area (Å²) in [6.07, 6.45) is 1.60. The maximum Gasteiger partial charge on any atom is 0.269 e. The average Bonchev–Trinajstić information content (AvgIpc) is 2.75. The number of likely N-dealkylation sites (tertiary alicyclic amines) is 1. The van der Waals surface area contributed by atoms with Gasteiger partial charge < -0.3 is 19.9 Å². The smallest absolute Gasteiger partial charge is 0.269 e. The van der Waals surface area contributed by atoms with Gasteiger partial charge in [0.25, 0.3) is 5.69 Å². The number of aliphatic imine (C=N–C) groups is 1. The van der Waals surface area contributed by atoms with E-state index in [1.54, 1.807) is 19.2 Å². The largest absolute Gasteiger partial charge is 0.378 e. The van der Waals surface area contributed by atoms with Gasteiger partial charge in [-0.1, -0.05) is 12.1 Å². The lowest BCUT2D eigenvalue weighted by atomic mass is 9.95. The van der Waals surface area contributed by atoms with Crippen molar-refractivity contribution in [1.29, 1.82) is 0 Å². The highest BCUT2D eigenvalue weighted by molar-refractivity contribution is 5.81. The molecule has 2 aliphatic rings. The number of nitro groups is 1. The Morgan fingerprint density at radius 2 is 1.96 bits per heavy atom. The van der Waals surface area contributed by atoms with E-state index in [-0.39, 0.29) is 17.5 Å². The number of piperidine rings is 1. The van der Waals surface area contributed by atoms with Crippen LogP contribution in [0.3, 0.4) is 0 Å². The fourth-order valence-electron chi connectivity index (χ4n) is 3.67. The van der Waals surface area contributed by atoms with Gasteiger partial charge in [-0.2, -0.15) is 0 Å². The Kier molecular flexibility index (Phi) is 6.80. The number of carbonyl (C=O) groups excluding carboxylic acids is 1. The second-order valence-corrected chi connectivity index (χ2v) is 7.03. The molecule has 2 heterocycles. The molecule has 0 unspecified atom stereocenters. The quantitative estimate of drug-likeness (QED) is 0.360. The Morgan fingerprint density at radius 3 is 2.61 bits per heavy atom. The summed E-state index contributed by atoms with van der Waals surface area (Å²) in [6, 6.07) is 6.57. The van der Waals surface area contributed by atoms with Crippen LogP contribution in [0.25, 0.3) is 0 Å². The van der Waals surface area contributed by atoms with Gasteiger partial charge in [0.15, 0.2) is 5.96 Å². The number of nitrogens with one attached hydrogen (secondary N) is 1. The molecule has 2 aliphatic heterocycles. The lowest BCUT2D eigenvalue weighted by Crippen LogP contribution is -2.49. The Labute approximate surface area is 164 Å². The molecule has 2 fully saturated rings. The van der Waals surface area contributed by atoms with Gasteiger partial charge in [-0.25, -0.2) is 0 Å². The van der Waals surface area contributed by atoms with E-state index in [9.17, 15) is 14.9 Å². The number of morpholine rings is 1. The molecule has 0 atom stereocenters. The summed E-state index contributed by atoms with van der Waals surface area (Å²) >= 11 is 0. The van der Waals surface area contributed by atoms with Crippen LogP contribution in [0.5, 0.6) is 0 Å². The number of rotatable bonds is 4. The van der Waals surface area contributed by atoms with E-state index in [0.717, 1.165) is 37.5 Å². The minimum absolute atomic E-state index is 0.0595. The molecule has 9 nitrogen and oxygen atoms in total. The van der Waals surface area contributed by atoms with E-state index >= 15 is 0 Å². The van der Waals surface area contributed by atoms with E-state index < -0.39 is 4.92 Å². The van der Waals surface area contributed by atoms with Gasteiger partial charge in [0.05, 0.1) is 18.1 Å². The van der Waals surface area contributed by atoms with Crippen molar-refractivity contribution >= 4 is 17.6 Å². The number of non-ortho nitro benzene ring substituents is 1. The number of nitro benzene ring substituents is 1. The van der Waals surface area contributed by atoms with E-state index in [1.807, 2.05) is 11.0 Å². The molecule has 1 amide bonds. The summed E-state index contributed by atoms with van der Waals surface area (Å²) in [7, 11) is 1.72. The highest BCUT2D eigenvalue weighted by atomic mass is 16.6. The van der Waals surface area contributed by atoms with Crippen molar-refractivity contribution in [3.8, 4) is 0 Å². The number of hydrogen-bond acceptors (Lipinski definition) is 5. The van der Waals surface area contributed by atoms with Crippen molar-refractivity contribution in [3.63, 3.8) is 0 Å². The fraction of sp³-hybridized carbons (Fsp3) is 0.579. The third-order valence-electron chi connectivity index (χ3n) is 5.25. The van der Waals surface area contributed by atoms with Crippen LogP contribution in [-0.2, 0) is 16.1 Å². The number of carbonyl (C=O) groups is 1. The van der Waals surface area contributed by atoms with Gasteiger partial charge in [0.1, 0.15) is 0 Å². The minimum Gasteiger partial charge on any atom is -0.378 e. The van der Waals surface area contributed by atoms with Gasteiger partial charge in [-0.05, 0) is 18.4 Å². The van der Waals surface area contributed by atoms with Crippen LogP contribution in [0.2, 0.25) is 0 Å². The molecule has 0 aliphatic carbocycles. The normalized spacial score (nSPS) is 18.8. The Bertz CT molecular complexity index is 725. The molecule has 28 heavy (non-hydrogen) atoms. The molecule has 0 aromatic heterocycles. The first kappa shape index (κ1) is 20.1. The molecular weight excluding hydrogens is 362 g/mol. The Hall–Kier alpha value is -2.68. The van der Waals surface area contributed by atoms with E-state index in [4.69, 9.17) is 4.74 Å². The fourth-order valence-corrected chi connectivity index (χ4v) is 3.67. The van der Waals surface area contributed by atoms with Gasteiger partial charge in [-0.3, -0.25) is 19.9 Å². The first-order valence-electron chi connectivity index (χ1n) is 9.64. The van der Waals surface area contributed by atoms with Crippen LogP contribution in [0.4, 0.5) is 5.69 Å². The molecule has 0 bridgehead atoms. The predicted octanol–water partition coefficient (Wildman–Crippen LogP) is 1.24. The standard InChI is InChI=1S/C19H27N5O4/c1-20-19(21-14-15-3-2-4-17(13-15)24(26)27)23-7-5-16(6-8-23)18(25)22-9-11-28-12-10-22/h2-4,13,16H,5-12,14H2,1H3,(H,20,21). The monoisotopic (exact) mass is 389 g/mol. The number of amides is 1. The zero-order chi connectivity index (χ0) is 19.9. The summed E-state index contributed by atoms with van der Waals surface area (Å²) in [5.74, 6) is 1.05. The van der Waals surface area contributed by atoms with Crippen molar-refractivity contribution in [3.05, 3.63) is 39.9 Å². The summed E-state index contributed by atoms with van der Waals surface area (Å²) in [6.45, 7) is 4.60. The molecule has 3 rings (SSSR count). The van der Waals surface area contributed by atoms with Crippen LogP contribution in [0, 0.1) is 16.0 Å². The van der Waals surface area contributed by atoms with Crippen LogP contribution >= 0.6 is 0 Å². The second-order valence-electron chi connectivity index (χ2n) is 7.03. The number of ether oxygens (including phenoxy) is 1. The van der Waals surface area contributed by atoms with Crippen LogP contribution in [0.1, 0.15) is 18.4 Å². The van der Waals surface area contributed by atoms with Crippen molar-refractivity contribution in [1.82, 2.24) is 15.1 Å². The van der Waals surface area contributed by atoms with Gasteiger partial charge in [-0.15, -0.1) is 0 Å². The summed E-state index contributed by atoms with van der Waals surface area (Å²) in [5, 5.41) is 14.2. The van der Waals surface area contributed by atoms with E-state index in [2.05, 4.69) is 15.2 Å². The molecule has 152 valence electrons. The van der Waals surface area contributed by atoms with E-state index in [1.165, 1.54) is 6.07 Å². The molecule has 9 heteroatoms. The summed E-state index contributed by atoms with van der Waals surface area (Å²) in [4.78, 5) is 31.5. The Morgan fingerprint density at radius 1 is 1.25 bits per heavy atom. The predicted molar refractivity (Wildman–Crippen MR) is 105 cm³/mol. The SMILES string of the molecule is CN=C(NCc1cccc([N+](=O)[O-])c1)N1CCC(C(=O)N2CCOCC2)CC1. The van der Waals surface area contributed by atoms with Crippen LogP contribution < -0.4 is 5.32 Å². The third-order valence-corrected chi connectivity index (χ3v) is 5.25. The highest BCUT2D eigenvalue weighted by Crippen LogP contribution is 2.20. The minimum atomic E-state index is -0.394. The molecule has 0 radical (unpaired) electrons. The lowest BCUT2D eigenvalue weighted by Gasteiger charge is -2.36. The molecule has 1 N–H and O–H groups in total. The molecule has 0 spiro atoms. The average molecular weight is 389 g/mol. The van der Waals surface area contributed by atoms with Crippen molar-refractivity contribution in [2.24, 2.45) is 10.9 Å². The lowest BCUT2D eigenvalue weighted by molar-refractivity contribution is -0.384. The Balaban J connectivity index is 1.50.